The molecule has 1 aromatic carbocycles. The van der Waals surface area contributed by atoms with Crippen molar-refractivity contribution >= 4 is 11.8 Å². The first-order valence-corrected chi connectivity index (χ1v) is 10.4. The Morgan fingerprint density at radius 1 is 1.28 bits per heavy atom. The van der Waals surface area contributed by atoms with Gasteiger partial charge in [0.1, 0.15) is 0 Å². The number of hydrogen-bond acceptors (Lipinski definition) is 6. The van der Waals surface area contributed by atoms with Crippen LogP contribution in [0.1, 0.15) is 37.0 Å². The zero-order valence-electron chi connectivity index (χ0n) is 16.5. The summed E-state index contributed by atoms with van der Waals surface area (Å²) < 4.78 is 15.6. The molecule has 1 amide bonds. The summed E-state index contributed by atoms with van der Waals surface area (Å²) in [6.45, 7) is 3.11. The minimum atomic E-state index is -0.503. The number of benzene rings is 1. The Morgan fingerprint density at radius 2 is 2.10 bits per heavy atom. The Morgan fingerprint density at radius 3 is 2.76 bits per heavy atom. The molecule has 3 aliphatic rings. The summed E-state index contributed by atoms with van der Waals surface area (Å²) in [4.78, 5) is 18.4. The van der Waals surface area contributed by atoms with E-state index in [1.807, 2.05) is 12.1 Å². The molecule has 1 atom stereocenters. The maximum Gasteiger partial charge on any atom is 0.412 e. The first kappa shape index (κ1) is 18.6. The van der Waals surface area contributed by atoms with Crippen LogP contribution in [-0.4, -0.2) is 47.3 Å². The number of amides is 1. The van der Waals surface area contributed by atoms with E-state index in [0.717, 1.165) is 31.2 Å². The quantitative estimate of drug-likeness (QED) is 0.802. The lowest BCUT2D eigenvalue weighted by Gasteiger charge is -2.47. The predicted octanol–water partition coefficient (Wildman–Crippen LogP) is 3.61. The van der Waals surface area contributed by atoms with Crippen LogP contribution in [0.2, 0.25) is 0 Å². The third-order valence-electron chi connectivity index (χ3n) is 6.50. The second-order valence-electron chi connectivity index (χ2n) is 8.54. The minimum absolute atomic E-state index is 0.0668. The normalized spacial score (nSPS) is 23.5. The van der Waals surface area contributed by atoms with Crippen LogP contribution in [0.15, 0.2) is 41.3 Å². The van der Waals surface area contributed by atoms with Gasteiger partial charge in [0.25, 0.3) is 0 Å². The molecule has 0 radical (unpaired) electrons. The highest BCUT2D eigenvalue weighted by Crippen LogP contribution is 2.52. The van der Waals surface area contributed by atoms with Gasteiger partial charge in [0.15, 0.2) is 18.8 Å². The van der Waals surface area contributed by atoms with Gasteiger partial charge in [-0.05, 0) is 62.3 Å². The van der Waals surface area contributed by atoms with Crippen LogP contribution in [0.3, 0.4) is 0 Å². The lowest BCUT2D eigenvalue weighted by molar-refractivity contribution is -0.0989. The molecule has 5 rings (SSSR count). The molecule has 1 unspecified atom stereocenters. The lowest BCUT2D eigenvalue weighted by Crippen LogP contribution is -2.57. The number of aromatic nitrogens is 1. The summed E-state index contributed by atoms with van der Waals surface area (Å²) in [6.07, 6.45) is 8.69. The van der Waals surface area contributed by atoms with Gasteiger partial charge in [-0.25, -0.2) is 9.78 Å². The number of likely N-dealkylation sites (tertiary alicyclic amines) is 1. The molecular weight excluding hydrogens is 370 g/mol. The van der Waals surface area contributed by atoms with Gasteiger partial charge < -0.3 is 13.9 Å². The van der Waals surface area contributed by atoms with Gasteiger partial charge in [-0.2, -0.15) is 0 Å². The van der Waals surface area contributed by atoms with Crippen molar-refractivity contribution in [3.05, 3.63) is 48.2 Å². The van der Waals surface area contributed by atoms with Crippen molar-refractivity contribution in [2.24, 2.45) is 5.92 Å². The van der Waals surface area contributed by atoms with Crippen molar-refractivity contribution in [3.8, 4) is 0 Å². The first-order chi connectivity index (χ1) is 14.2. The van der Waals surface area contributed by atoms with Gasteiger partial charge in [0.05, 0.1) is 25.5 Å². The maximum atomic E-state index is 11.9. The molecule has 0 bridgehead atoms. The number of rotatable bonds is 6. The van der Waals surface area contributed by atoms with Gasteiger partial charge in [0.2, 0.25) is 0 Å². The summed E-state index contributed by atoms with van der Waals surface area (Å²) in [5, 5.41) is 2.75. The van der Waals surface area contributed by atoms with E-state index in [2.05, 4.69) is 27.3 Å². The van der Waals surface area contributed by atoms with Crippen molar-refractivity contribution in [1.29, 1.82) is 0 Å². The molecule has 2 aromatic rings. The standard InChI is InChI=1S/C22H27N3O4/c26-21(28-14-20-11-23-15-29-20)24-18-3-1-16(2-4-18)9-17-5-8-25(19-12-27-13-19)22(10-17)6-7-22/h1-4,11,15,17,19H,5-10,12-14H2,(H,24,26). The van der Waals surface area contributed by atoms with E-state index in [9.17, 15) is 4.79 Å². The highest BCUT2D eigenvalue weighted by molar-refractivity contribution is 5.84. The smallest absolute Gasteiger partial charge is 0.412 e. The molecule has 1 N–H and O–H groups in total. The van der Waals surface area contributed by atoms with E-state index < -0.39 is 6.09 Å². The van der Waals surface area contributed by atoms with Crippen LogP contribution in [0.4, 0.5) is 10.5 Å². The summed E-state index contributed by atoms with van der Waals surface area (Å²) in [5.74, 6) is 1.25. The Kier molecular flexibility index (Phi) is 5.01. The van der Waals surface area contributed by atoms with Crippen LogP contribution < -0.4 is 5.32 Å². The molecular formula is C22H27N3O4. The lowest BCUT2D eigenvalue weighted by atomic mass is 9.83. The zero-order valence-corrected chi connectivity index (χ0v) is 16.5. The maximum absolute atomic E-state index is 11.9. The van der Waals surface area contributed by atoms with E-state index in [1.54, 1.807) is 0 Å². The van der Waals surface area contributed by atoms with Crippen molar-refractivity contribution in [1.82, 2.24) is 9.88 Å². The van der Waals surface area contributed by atoms with Gasteiger partial charge in [-0.15, -0.1) is 0 Å². The van der Waals surface area contributed by atoms with Crippen LogP contribution in [0, 0.1) is 5.92 Å². The van der Waals surface area contributed by atoms with Crippen LogP contribution >= 0.6 is 0 Å². The van der Waals surface area contributed by atoms with Crippen molar-refractivity contribution in [2.75, 3.05) is 25.1 Å². The first-order valence-electron chi connectivity index (χ1n) is 10.4. The predicted molar refractivity (Wildman–Crippen MR) is 106 cm³/mol. The Bertz CT molecular complexity index is 828. The molecule has 3 fully saturated rings. The fourth-order valence-corrected chi connectivity index (χ4v) is 4.76. The van der Waals surface area contributed by atoms with Crippen molar-refractivity contribution < 1.29 is 18.7 Å². The number of ether oxygens (including phenoxy) is 2. The number of hydrogen-bond donors (Lipinski definition) is 1. The summed E-state index contributed by atoms with van der Waals surface area (Å²) in [7, 11) is 0. The van der Waals surface area contributed by atoms with Crippen LogP contribution in [0.5, 0.6) is 0 Å². The second-order valence-corrected chi connectivity index (χ2v) is 8.54. The fourth-order valence-electron chi connectivity index (χ4n) is 4.76. The van der Waals surface area contributed by atoms with Gasteiger partial charge in [-0.3, -0.25) is 10.2 Å². The Balaban J connectivity index is 1.11. The Hall–Kier alpha value is -2.38. The molecule has 29 heavy (non-hydrogen) atoms. The number of nitrogens with zero attached hydrogens (tertiary/aromatic N) is 2. The van der Waals surface area contributed by atoms with E-state index in [1.165, 1.54) is 50.4 Å². The molecule has 7 heteroatoms. The highest BCUT2D eigenvalue weighted by Gasteiger charge is 2.54. The second kappa shape index (κ2) is 7.80. The van der Waals surface area contributed by atoms with Gasteiger partial charge in [0, 0.05) is 11.2 Å². The number of carbonyl (C=O) groups excluding carboxylic acids is 1. The molecule has 7 nitrogen and oxygen atoms in total. The summed E-state index contributed by atoms with van der Waals surface area (Å²) >= 11 is 0. The number of piperidine rings is 1. The van der Waals surface area contributed by atoms with E-state index in [-0.39, 0.29) is 6.61 Å². The average Bonchev–Trinajstić information content (AvgIpc) is 3.23. The topological polar surface area (TPSA) is 76.8 Å². The SMILES string of the molecule is O=C(Nc1ccc(CC2CCN(C3COC3)C3(CC3)C2)cc1)OCc1cnco1. The molecule has 2 saturated heterocycles. The van der Waals surface area contributed by atoms with Gasteiger partial charge in [-0.1, -0.05) is 12.1 Å². The van der Waals surface area contributed by atoms with Crippen molar-refractivity contribution in [3.63, 3.8) is 0 Å². The molecule has 1 aromatic heterocycles. The van der Waals surface area contributed by atoms with Crippen LogP contribution in [-0.2, 0) is 22.5 Å². The number of anilines is 1. The van der Waals surface area contributed by atoms with Gasteiger partial charge >= 0.3 is 6.09 Å². The minimum Gasteiger partial charge on any atom is -0.445 e. The monoisotopic (exact) mass is 397 g/mol. The average molecular weight is 397 g/mol. The Labute approximate surface area is 170 Å². The van der Waals surface area contributed by atoms with E-state index in [4.69, 9.17) is 13.9 Å². The molecule has 1 spiro atoms. The number of carbonyl (C=O) groups is 1. The third kappa shape index (κ3) is 4.16. The molecule has 2 aliphatic heterocycles. The summed E-state index contributed by atoms with van der Waals surface area (Å²) in [6, 6.07) is 8.76. The number of nitrogens with one attached hydrogen (secondary N) is 1. The third-order valence-corrected chi connectivity index (χ3v) is 6.50. The molecule has 1 aliphatic carbocycles. The fraction of sp³-hybridized carbons (Fsp3) is 0.545. The summed E-state index contributed by atoms with van der Waals surface area (Å²) in [5.41, 5.74) is 2.52. The largest absolute Gasteiger partial charge is 0.445 e. The molecule has 1 saturated carbocycles. The van der Waals surface area contributed by atoms with Crippen molar-refractivity contribution in [2.45, 2.75) is 50.3 Å². The molecule has 3 heterocycles. The molecule has 154 valence electrons. The number of oxazole rings is 1. The van der Waals surface area contributed by atoms with Crippen LogP contribution in [0.25, 0.3) is 0 Å². The zero-order chi connectivity index (χ0) is 19.7. The highest BCUT2D eigenvalue weighted by atomic mass is 16.6. The van der Waals surface area contributed by atoms with E-state index >= 15 is 0 Å². The van der Waals surface area contributed by atoms with E-state index in [0.29, 0.717) is 17.3 Å².